The Kier molecular flexibility index (Phi) is 3.10. The highest BCUT2D eigenvalue weighted by atomic mass is 16.1. The molecule has 1 aliphatic rings. The third-order valence-electron chi connectivity index (χ3n) is 4.10. The van der Waals surface area contributed by atoms with Crippen LogP contribution >= 0.6 is 0 Å². The van der Waals surface area contributed by atoms with Crippen molar-refractivity contribution in [3.05, 3.63) is 48.4 Å². The van der Waals surface area contributed by atoms with Crippen molar-refractivity contribution in [1.82, 2.24) is 29.5 Å². The largest absolute Gasteiger partial charge is 0.351 e. The van der Waals surface area contributed by atoms with E-state index in [0.29, 0.717) is 17.8 Å². The molecule has 4 heterocycles. The molecule has 1 amide bonds. The Labute approximate surface area is 127 Å². The van der Waals surface area contributed by atoms with E-state index in [2.05, 4.69) is 25.0 Å². The Morgan fingerprint density at radius 3 is 3.23 bits per heavy atom. The number of aryl methyl sites for hydroxylation is 1. The van der Waals surface area contributed by atoms with Gasteiger partial charge < -0.3 is 9.88 Å². The lowest BCUT2D eigenvalue weighted by Gasteiger charge is -2.23. The number of carbonyl (C=O) groups is 1. The van der Waals surface area contributed by atoms with Gasteiger partial charge in [-0.2, -0.15) is 5.10 Å². The van der Waals surface area contributed by atoms with Gasteiger partial charge in [0.05, 0.1) is 6.20 Å². The normalized spacial score (nSPS) is 17.4. The van der Waals surface area contributed by atoms with Crippen LogP contribution in [-0.4, -0.2) is 36.6 Å². The lowest BCUT2D eigenvalue weighted by molar-refractivity contribution is 0.0951. The molecular formula is C15H16N6O. The minimum atomic E-state index is -0.141. The molecule has 0 saturated carbocycles. The average molecular weight is 296 g/mol. The van der Waals surface area contributed by atoms with Crippen LogP contribution in [0.2, 0.25) is 0 Å². The molecule has 0 bridgehead atoms. The zero-order valence-corrected chi connectivity index (χ0v) is 12.0. The van der Waals surface area contributed by atoms with Crippen molar-refractivity contribution in [2.45, 2.75) is 25.3 Å². The summed E-state index contributed by atoms with van der Waals surface area (Å²) in [5, 5.41) is 7.13. The minimum Gasteiger partial charge on any atom is -0.351 e. The first kappa shape index (κ1) is 13.0. The maximum Gasteiger partial charge on any atom is 0.256 e. The first-order valence-corrected chi connectivity index (χ1v) is 7.40. The third-order valence-corrected chi connectivity index (χ3v) is 4.10. The second-order valence-electron chi connectivity index (χ2n) is 5.47. The van der Waals surface area contributed by atoms with Crippen molar-refractivity contribution >= 4 is 11.6 Å². The summed E-state index contributed by atoms with van der Waals surface area (Å²) in [5.74, 6) is 1.18. The van der Waals surface area contributed by atoms with E-state index in [4.69, 9.17) is 0 Å². The van der Waals surface area contributed by atoms with E-state index in [9.17, 15) is 4.79 Å². The van der Waals surface area contributed by atoms with Gasteiger partial charge in [0.15, 0.2) is 5.65 Å². The van der Waals surface area contributed by atoms with E-state index >= 15 is 0 Å². The van der Waals surface area contributed by atoms with Crippen molar-refractivity contribution in [3.63, 3.8) is 0 Å². The van der Waals surface area contributed by atoms with Gasteiger partial charge in [-0.15, -0.1) is 0 Å². The van der Waals surface area contributed by atoms with Crippen LogP contribution in [0.4, 0.5) is 0 Å². The number of amides is 1. The van der Waals surface area contributed by atoms with Crippen molar-refractivity contribution in [1.29, 1.82) is 0 Å². The Bertz CT molecular complexity index is 820. The fourth-order valence-electron chi connectivity index (χ4n) is 3.00. The van der Waals surface area contributed by atoms with Crippen LogP contribution in [0.15, 0.2) is 37.1 Å². The van der Waals surface area contributed by atoms with Crippen LogP contribution in [0, 0.1) is 0 Å². The van der Waals surface area contributed by atoms with Gasteiger partial charge in [0.1, 0.15) is 11.4 Å². The number of hydrogen-bond donors (Lipinski definition) is 1. The first-order valence-electron chi connectivity index (χ1n) is 7.40. The van der Waals surface area contributed by atoms with Gasteiger partial charge in [-0.25, -0.2) is 14.5 Å². The summed E-state index contributed by atoms with van der Waals surface area (Å²) in [6.45, 7) is 1.60. The first-order chi connectivity index (χ1) is 10.8. The summed E-state index contributed by atoms with van der Waals surface area (Å²) in [6.07, 6.45) is 11.0. The van der Waals surface area contributed by atoms with E-state index in [1.165, 1.54) is 0 Å². The summed E-state index contributed by atoms with van der Waals surface area (Å²) in [6, 6.07) is 1.78. The summed E-state index contributed by atoms with van der Waals surface area (Å²) in [7, 11) is 0. The Morgan fingerprint density at radius 2 is 2.27 bits per heavy atom. The van der Waals surface area contributed by atoms with Gasteiger partial charge in [-0.3, -0.25) is 4.79 Å². The Hall–Kier alpha value is -2.70. The van der Waals surface area contributed by atoms with Crippen LogP contribution in [0.5, 0.6) is 0 Å². The fraction of sp³-hybridized carbons (Fsp3) is 0.333. The molecule has 3 aromatic heterocycles. The molecule has 0 radical (unpaired) electrons. The van der Waals surface area contributed by atoms with Gasteiger partial charge >= 0.3 is 0 Å². The molecule has 0 aliphatic carbocycles. The molecule has 1 unspecified atom stereocenters. The van der Waals surface area contributed by atoms with Gasteiger partial charge in [0, 0.05) is 43.8 Å². The van der Waals surface area contributed by atoms with Crippen LogP contribution in [0.3, 0.4) is 0 Å². The summed E-state index contributed by atoms with van der Waals surface area (Å²) >= 11 is 0. The number of imidazole rings is 1. The third kappa shape index (κ3) is 2.14. The predicted molar refractivity (Wildman–Crippen MR) is 79.5 cm³/mol. The topological polar surface area (TPSA) is 77.1 Å². The van der Waals surface area contributed by atoms with Crippen LogP contribution in [0.1, 0.15) is 34.9 Å². The van der Waals surface area contributed by atoms with Crippen LogP contribution < -0.4 is 5.32 Å². The summed E-state index contributed by atoms with van der Waals surface area (Å²) < 4.78 is 3.76. The Balaban J connectivity index is 1.50. The minimum absolute atomic E-state index is 0.141. The standard InChI is InChI=1S/C15H16N6O/c22-15(12-10-19-21-7-2-4-16-14(12)21)18-9-11-3-1-6-20-8-5-17-13(11)20/h2,4-5,7-8,10-11H,1,3,6,9H2,(H,18,22). The van der Waals surface area contributed by atoms with Crippen molar-refractivity contribution in [2.75, 3.05) is 6.54 Å². The fourth-order valence-corrected chi connectivity index (χ4v) is 3.00. The molecule has 1 atom stereocenters. The molecule has 1 N–H and O–H groups in total. The molecule has 1 aliphatic heterocycles. The van der Waals surface area contributed by atoms with Crippen LogP contribution in [0.25, 0.3) is 5.65 Å². The number of carbonyl (C=O) groups excluding carboxylic acids is 1. The van der Waals surface area contributed by atoms with E-state index < -0.39 is 0 Å². The quantitative estimate of drug-likeness (QED) is 0.788. The molecule has 7 nitrogen and oxygen atoms in total. The van der Waals surface area contributed by atoms with Gasteiger partial charge in [0.2, 0.25) is 0 Å². The second kappa shape index (κ2) is 5.25. The molecule has 112 valence electrons. The highest BCUT2D eigenvalue weighted by molar-refractivity contribution is 5.99. The lowest BCUT2D eigenvalue weighted by Crippen LogP contribution is -2.31. The molecular weight excluding hydrogens is 280 g/mol. The maximum absolute atomic E-state index is 12.4. The molecule has 4 rings (SSSR count). The number of hydrogen-bond acceptors (Lipinski definition) is 4. The molecule has 3 aromatic rings. The zero-order valence-electron chi connectivity index (χ0n) is 12.0. The number of nitrogens with zero attached hydrogens (tertiary/aromatic N) is 5. The summed E-state index contributed by atoms with van der Waals surface area (Å²) in [5.41, 5.74) is 1.07. The lowest BCUT2D eigenvalue weighted by atomic mass is 9.99. The Morgan fingerprint density at radius 1 is 1.32 bits per heavy atom. The van der Waals surface area contributed by atoms with E-state index in [-0.39, 0.29) is 11.8 Å². The van der Waals surface area contributed by atoms with Crippen molar-refractivity contribution in [2.24, 2.45) is 0 Å². The molecule has 0 fully saturated rings. The van der Waals surface area contributed by atoms with Gasteiger partial charge in [0.25, 0.3) is 5.91 Å². The smallest absolute Gasteiger partial charge is 0.256 e. The SMILES string of the molecule is O=C(NCC1CCCn2ccnc21)c1cnn2cccnc12. The van der Waals surface area contributed by atoms with E-state index in [1.54, 1.807) is 29.2 Å². The molecule has 0 aromatic carbocycles. The monoisotopic (exact) mass is 296 g/mol. The maximum atomic E-state index is 12.4. The number of aromatic nitrogens is 5. The van der Waals surface area contributed by atoms with Gasteiger partial charge in [-0.1, -0.05) is 0 Å². The predicted octanol–water partition coefficient (Wildman–Crippen LogP) is 1.23. The number of fused-ring (bicyclic) bond motifs is 2. The van der Waals surface area contributed by atoms with E-state index in [0.717, 1.165) is 25.2 Å². The highest BCUT2D eigenvalue weighted by Crippen LogP contribution is 2.24. The molecule has 0 spiro atoms. The highest BCUT2D eigenvalue weighted by Gasteiger charge is 2.22. The number of nitrogens with one attached hydrogen (secondary N) is 1. The molecule has 22 heavy (non-hydrogen) atoms. The molecule has 0 saturated heterocycles. The van der Waals surface area contributed by atoms with Crippen molar-refractivity contribution in [3.8, 4) is 0 Å². The second-order valence-corrected chi connectivity index (χ2v) is 5.47. The number of rotatable bonds is 3. The van der Waals surface area contributed by atoms with Crippen LogP contribution in [-0.2, 0) is 6.54 Å². The van der Waals surface area contributed by atoms with E-state index in [1.807, 2.05) is 12.4 Å². The summed E-state index contributed by atoms with van der Waals surface area (Å²) in [4.78, 5) is 21.0. The molecule has 7 heteroatoms. The van der Waals surface area contributed by atoms with Gasteiger partial charge in [-0.05, 0) is 18.9 Å². The van der Waals surface area contributed by atoms with Crippen molar-refractivity contribution < 1.29 is 4.79 Å². The zero-order chi connectivity index (χ0) is 14.9. The average Bonchev–Trinajstić information content (AvgIpc) is 3.19.